The smallest absolute Gasteiger partial charge is 0.337 e. The lowest BCUT2D eigenvalue weighted by atomic mass is 10.1. The summed E-state index contributed by atoms with van der Waals surface area (Å²) in [6, 6.07) is 8.52. The zero-order chi connectivity index (χ0) is 38.8. The molecule has 2 aromatic carbocycles. The summed E-state index contributed by atoms with van der Waals surface area (Å²) in [5.74, 6) is -5.25. The van der Waals surface area contributed by atoms with Crippen LogP contribution in [0.25, 0.3) is 16.7 Å². The molecule has 2 amide bonds. The summed E-state index contributed by atoms with van der Waals surface area (Å²) in [5, 5.41) is 5.24. The van der Waals surface area contributed by atoms with Crippen molar-refractivity contribution in [2.75, 3.05) is 11.8 Å². The number of hydrogen-bond acceptors (Lipinski definition) is 10. The van der Waals surface area contributed by atoms with Crippen molar-refractivity contribution >= 4 is 44.4 Å². The van der Waals surface area contributed by atoms with Crippen molar-refractivity contribution in [2.24, 2.45) is 7.05 Å². The highest BCUT2D eigenvalue weighted by molar-refractivity contribution is 7.92. The van der Waals surface area contributed by atoms with Gasteiger partial charge in [0, 0.05) is 43.0 Å². The lowest BCUT2D eigenvalue weighted by Crippen LogP contribution is -2.43. The minimum atomic E-state index is -4.47. The molecule has 0 saturated carbocycles. The summed E-state index contributed by atoms with van der Waals surface area (Å²) < 4.78 is 65.0. The monoisotopic (exact) mass is 749 g/mol. The van der Waals surface area contributed by atoms with Crippen molar-refractivity contribution in [2.45, 2.75) is 43.7 Å². The van der Waals surface area contributed by atoms with Gasteiger partial charge < -0.3 is 15.4 Å². The first-order valence-corrected chi connectivity index (χ1v) is 17.2. The van der Waals surface area contributed by atoms with Crippen LogP contribution in [0, 0.1) is 11.6 Å². The number of rotatable bonds is 10. The SMILES string of the molecule is COC(=O)[C@H](Cc1ccc(-n2c(=O)c3ccncc3n(C)c2=O)nc1)NC(=O)c1cc(F)c(NS(=O)(=O)c2ccc(C(=O)NC(C)(C)C)cc2)cc1F. The molecular formula is C35H33F2N7O8S. The maximum Gasteiger partial charge on any atom is 0.337 e. The van der Waals surface area contributed by atoms with Crippen LogP contribution in [0.15, 0.2) is 87.7 Å². The fraction of sp³-hybridized carbons (Fsp3) is 0.229. The molecule has 0 aliphatic heterocycles. The van der Waals surface area contributed by atoms with Crippen LogP contribution in [-0.4, -0.2) is 64.0 Å². The maximum absolute atomic E-state index is 15.2. The van der Waals surface area contributed by atoms with E-state index in [1.54, 1.807) is 20.8 Å². The number of anilines is 1. The second-order valence-corrected chi connectivity index (χ2v) is 14.5. The van der Waals surface area contributed by atoms with Crippen LogP contribution in [0.3, 0.4) is 0 Å². The van der Waals surface area contributed by atoms with E-state index in [2.05, 4.69) is 20.6 Å². The number of nitrogens with one attached hydrogen (secondary N) is 3. The summed E-state index contributed by atoms with van der Waals surface area (Å²) in [6.07, 6.45) is 3.80. The van der Waals surface area contributed by atoms with Crippen molar-refractivity contribution in [3.05, 3.63) is 122 Å². The second kappa shape index (κ2) is 14.7. The molecule has 18 heteroatoms. The number of nitrogens with zero attached hydrogens (tertiary/aromatic N) is 4. The van der Waals surface area contributed by atoms with E-state index in [1.807, 2.05) is 4.72 Å². The molecule has 0 bridgehead atoms. The number of hydrogen-bond donors (Lipinski definition) is 3. The van der Waals surface area contributed by atoms with Gasteiger partial charge in [-0.15, -0.1) is 0 Å². The minimum Gasteiger partial charge on any atom is -0.467 e. The number of sulfonamides is 1. The molecule has 3 aromatic heterocycles. The lowest BCUT2D eigenvalue weighted by Gasteiger charge is -2.20. The maximum atomic E-state index is 15.2. The molecule has 276 valence electrons. The summed E-state index contributed by atoms with van der Waals surface area (Å²) in [5.41, 5.74) is -2.67. The largest absolute Gasteiger partial charge is 0.467 e. The number of ether oxygens (including phenoxy) is 1. The van der Waals surface area contributed by atoms with Crippen molar-refractivity contribution in [3.8, 4) is 5.82 Å². The number of carbonyl (C=O) groups is 3. The fourth-order valence-electron chi connectivity index (χ4n) is 5.17. The van der Waals surface area contributed by atoms with Crippen molar-refractivity contribution < 1.29 is 36.3 Å². The summed E-state index contributed by atoms with van der Waals surface area (Å²) in [4.78, 5) is 71.9. The third-order valence-electron chi connectivity index (χ3n) is 7.80. The standard InChI is InChI=1S/C35H33F2N7O8S/c1-35(2,3)41-30(45)20-7-9-21(10-8-20)53(50,51)42-26-16-24(36)23(15-25(26)37)31(46)40-27(33(48)52-5)14-19-6-11-29(39-17-19)44-32(47)22-12-13-38-18-28(22)43(4)34(44)49/h6-13,15-18,27,42H,14H2,1-5H3,(H,40,46)(H,41,45)/t27-/m0/s1. The van der Waals surface area contributed by atoms with E-state index in [-0.39, 0.29) is 28.1 Å². The van der Waals surface area contributed by atoms with Crippen LogP contribution >= 0.6 is 0 Å². The molecule has 0 radical (unpaired) electrons. The van der Waals surface area contributed by atoms with E-state index in [0.717, 1.165) is 23.8 Å². The van der Waals surface area contributed by atoms with Gasteiger partial charge in [-0.25, -0.2) is 36.3 Å². The van der Waals surface area contributed by atoms with Crippen LogP contribution in [0.2, 0.25) is 0 Å². The van der Waals surface area contributed by atoms with Crippen LogP contribution in [0.4, 0.5) is 14.5 Å². The predicted octanol–water partition coefficient (Wildman–Crippen LogP) is 2.60. The third-order valence-corrected chi connectivity index (χ3v) is 9.18. The number of pyridine rings is 2. The highest BCUT2D eigenvalue weighted by Gasteiger charge is 2.27. The van der Waals surface area contributed by atoms with Crippen LogP contribution in [0.5, 0.6) is 0 Å². The Morgan fingerprint density at radius 1 is 0.943 bits per heavy atom. The number of carbonyl (C=O) groups excluding carboxylic acids is 3. The molecular weight excluding hydrogens is 716 g/mol. The van der Waals surface area contributed by atoms with Gasteiger partial charge in [0.2, 0.25) is 0 Å². The van der Waals surface area contributed by atoms with Crippen molar-refractivity contribution in [3.63, 3.8) is 0 Å². The van der Waals surface area contributed by atoms with Crippen LogP contribution in [-0.2, 0) is 33.0 Å². The molecule has 0 saturated heterocycles. The van der Waals surface area contributed by atoms with E-state index in [0.29, 0.717) is 23.2 Å². The normalized spacial score (nSPS) is 12.2. The van der Waals surface area contributed by atoms with E-state index in [1.165, 1.54) is 60.5 Å². The van der Waals surface area contributed by atoms with Gasteiger partial charge in [-0.2, -0.15) is 0 Å². The first kappa shape index (κ1) is 37.9. The molecule has 5 aromatic rings. The number of fused-ring (bicyclic) bond motifs is 1. The molecule has 53 heavy (non-hydrogen) atoms. The van der Waals surface area contributed by atoms with Gasteiger partial charge in [0.15, 0.2) is 0 Å². The topological polar surface area (TPSA) is 200 Å². The van der Waals surface area contributed by atoms with Gasteiger partial charge in [0.05, 0.1) is 40.4 Å². The van der Waals surface area contributed by atoms with Gasteiger partial charge >= 0.3 is 11.7 Å². The Kier molecular flexibility index (Phi) is 10.6. The molecule has 3 heterocycles. The Bertz CT molecular complexity index is 2480. The first-order chi connectivity index (χ1) is 24.9. The van der Waals surface area contributed by atoms with Crippen molar-refractivity contribution in [1.82, 2.24) is 29.7 Å². The number of benzene rings is 2. The lowest BCUT2D eigenvalue weighted by molar-refractivity contribution is -0.142. The Morgan fingerprint density at radius 2 is 1.64 bits per heavy atom. The number of aryl methyl sites for hydroxylation is 1. The molecule has 1 atom stereocenters. The molecule has 0 aliphatic carbocycles. The van der Waals surface area contributed by atoms with E-state index in [4.69, 9.17) is 4.74 Å². The number of esters is 1. The molecule has 0 aliphatic rings. The highest BCUT2D eigenvalue weighted by atomic mass is 32.2. The van der Waals surface area contributed by atoms with Gasteiger partial charge in [-0.05, 0) is 68.8 Å². The number of aromatic nitrogens is 4. The molecule has 0 unspecified atom stereocenters. The minimum absolute atomic E-state index is 0.0227. The average Bonchev–Trinajstić information content (AvgIpc) is 3.11. The second-order valence-electron chi connectivity index (χ2n) is 12.8. The van der Waals surface area contributed by atoms with E-state index < -0.39 is 73.5 Å². The third kappa shape index (κ3) is 8.27. The van der Waals surface area contributed by atoms with Gasteiger partial charge in [0.1, 0.15) is 23.5 Å². The highest BCUT2D eigenvalue weighted by Crippen LogP contribution is 2.24. The fourth-order valence-corrected chi connectivity index (χ4v) is 6.23. The van der Waals surface area contributed by atoms with Crippen LogP contribution in [0.1, 0.15) is 47.1 Å². The van der Waals surface area contributed by atoms with E-state index >= 15 is 8.78 Å². The molecule has 15 nitrogen and oxygen atoms in total. The Balaban J connectivity index is 1.32. The van der Waals surface area contributed by atoms with Gasteiger partial charge in [-0.3, -0.25) is 28.7 Å². The van der Waals surface area contributed by atoms with Gasteiger partial charge in [-0.1, -0.05) is 6.07 Å². The Hall–Kier alpha value is -6.30. The zero-order valence-corrected chi connectivity index (χ0v) is 29.7. The molecule has 5 rings (SSSR count). The quantitative estimate of drug-likeness (QED) is 0.178. The van der Waals surface area contributed by atoms with Gasteiger partial charge in [0.25, 0.3) is 27.4 Å². The van der Waals surface area contributed by atoms with Crippen LogP contribution < -0.4 is 26.6 Å². The number of halogens is 2. The summed E-state index contributed by atoms with van der Waals surface area (Å²) in [7, 11) is -1.94. The first-order valence-electron chi connectivity index (χ1n) is 15.7. The summed E-state index contributed by atoms with van der Waals surface area (Å²) in [6.45, 7) is 5.32. The average molecular weight is 750 g/mol. The molecule has 0 fully saturated rings. The van der Waals surface area contributed by atoms with Crippen molar-refractivity contribution in [1.29, 1.82) is 0 Å². The molecule has 0 spiro atoms. The summed E-state index contributed by atoms with van der Waals surface area (Å²) >= 11 is 0. The number of methoxy groups -OCH3 is 1. The molecule has 3 N–H and O–H groups in total. The predicted molar refractivity (Wildman–Crippen MR) is 188 cm³/mol. The van der Waals surface area contributed by atoms with E-state index in [9.17, 15) is 32.4 Å². The number of amides is 2. The Morgan fingerprint density at radius 3 is 2.26 bits per heavy atom. The zero-order valence-electron chi connectivity index (χ0n) is 28.9. The Labute approximate surface area is 300 Å².